The molecule has 1 N–H and O–H groups in total. The lowest BCUT2D eigenvalue weighted by molar-refractivity contribution is -0.118. The second kappa shape index (κ2) is 9.73. The molecule has 0 atom stereocenters. The second-order valence-corrected chi connectivity index (χ2v) is 8.20. The maximum absolute atomic E-state index is 12.8. The summed E-state index contributed by atoms with van der Waals surface area (Å²) in [5.74, 6) is 0.617. The number of anilines is 1. The van der Waals surface area contributed by atoms with Gasteiger partial charge in [-0.1, -0.05) is 18.2 Å². The highest BCUT2D eigenvalue weighted by molar-refractivity contribution is 7.89. The van der Waals surface area contributed by atoms with E-state index >= 15 is 0 Å². The van der Waals surface area contributed by atoms with Gasteiger partial charge in [0.15, 0.2) is 18.1 Å². The van der Waals surface area contributed by atoms with Crippen LogP contribution in [-0.2, 0) is 19.6 Å². The first-order valence-electron chi connectivity index (χ1n) is 9.33. The largest absolute Gasteiger partial charge is 0.490 e. The molecule has 1 aliphatic rings. The molecular formula is C20H24N2O6S. The topological polar surface area (TPSA) is 94.2 Å². The number of ether oxygens (including phenoxy) is 3. The summed E-state index contributed by atoms with van der Waals surface area (Å²) in [6.45, 7) is 3.48. The molecule has 29 heavy (non-hydrogen) atoms. The number of hydrogen-bond acceptors (Lipinski definition) is 6. The number of morpholine rings is 1. The van der Waals surface area contributed by atoms with Gasteiger partial charge in [0.25, 0.3) is 5.91 Å². The van der Waals surface area contributed by atoms with Crippen LogP contribution < -0.4 is 14.8 Å². The van der Waals surface area contributed by atoms with Gasteiger partial charge in [0, 0.05) is 18.8 Å². The molecule has 1 amide bonds. The predicted octanol–water partition coefficient (Wildman–Crippen LogP) is 2.12. The fourth-order valence-electron chi connectivity index (χ4n) is 2.85. The summed E-state index contributed by atoms with van der Waals surface area (Å²) < 4.78 is 43.1. The molecule has 1 heterocycles. The van der Waals surface area contributed by atoms with E-state index in [1.807, 2.05) is 13.0 Å². The molecule has 1 fully saturated rings. The Hall–Kier alpha value is -2.62. The monoisotopic (exact) mass is 420 g/mol. The number of nitrogens with zero attached hydrogens (tertiary/aromatic N) is 1. The number of nitrogens with one attached hydrogen (secondary N) is 1. The number of rotatable bonds is 8. The number of carbonyl (C=O) groups excluding carboxylic acids is 1. The molecule has 0 radical (unpaired) electrons. The minimum Gasteiger partial charge on any atom is -0.490 e. The van der Waals surface area contributed by atoms with Crippen LogP contribution in [0.4, 0.5) is 5.69 Å². The van der Waals surface area contributed by atoms with E-state index in [0.717, 1.165) is 0 Å². The Kier molecular flexibility index (Phi) is 7.08. The Morgan fingerprint density at radius 3 is 2.45 bits per heavy atom. The minimum absolute atomic E-state index is 0.125. The Labute approximate surface area is 170 Å². The molecule has 3 rings (SSSR count). The molecule has 2 aromatic rings. The van der Waals surface area contributed by atoms with E-state index in [-0.39, 0.29) is 11.5 Å². The fourth-order valence-corrected chi connectivity index (χ4v) is 4.31. The van der Waals surface area contributed by atoms with E-state index < -0.39 is 15.9 Å². The predicted molar refractivity (Wildman–Crippen MR) is 108 cm³/mol. The smallest absolute Gasteiger partial charge is 0.262 e. The molecular weight excluding hydrogens is 396 g/mol. The SMILES string of the molecule is CCOc1ccccc1OCC(=O)Nc1cccc(S(=O)(=O)N2CCOCC2)c1. The van der Waals surface area contributed by atoms with Crippen molar-refractivity contribution in [1.82, 2.24) is 4.31 Å². The van der Waals surface area contributed by atoms with Crippen LogP contribution in [0, 0.1) is 0 Å². The van der Waals surface area contributed by atoms with Crippen molar-refractivity contribution < 1.29 is 27.4 Å². The number of amides is 1. The van der Waals surface area contributed by atoms with Crippen molar-refractivity contribution in [2.75, 3.05) is 44.8 Å². The first-order chi connectivity index (χ1) is 14.0. The zero-order valence-corrected chi connectivity index (χ0v) is 17.0. The van der Waals surface area contributed by atoms with E-state index in [2.05, 4.69) is 5.32 Å². The highest BCUT2D eigenvalue weighted by atomic mass is 32.2. The Morgan fingerprint density at radius 1 is 1.07 bits per heavy atom. The molecule has 9 heteroatoms. The van der Waals surface area contributed by atoms with Crippen LogP contribution in [-0.4, -0.2) is 58.1 Å². The average molecular weight is 420 g/mol. The second-order valence-electron chi connectivity index (χ2n) is 6.26. The van der Waals surface area contributed by atoms with E-state index in [9.17, 15) is 13.2 Å². The van der Waals surface area contributed by atoms with Gasteiger partial charge in [0.2, 0.25) is 10.0 Å². The van der Waals surface area contributed by atoms with Gasteiger partial charge in [-0.2, -0.15) is 4.31 Å². The maximum Gasteiger partial charge on any atom is 0.262 e. The first-order valence-corrected chi connectivity index (χ1v) is 10.8. The summed E-state index contributed by atoms with van der Waals surface area (Å²) >= 11 is 0. The lowest BCUT2D eigenvalue weighted by atomic mass is 10.3. The molecule has 1 saturated heterocycles. The van der Waals surface area contributed by atoms with Crippen molar-refractivity contribution in [3.63, 3.8) is 0 Å². The normalized spacial score (nSPS) is 14.9. The van der Waals surface area contributed by atoms with Crippen molar-refractivity contribution in [1.29, 1.82) is 0 Å². The third-order valence-electron chi connectivity index (χ3n) is 4.23. The van der Waals surface area contributed by atoms with Crippen molar-refractivity contribution in [3.05, 3.63) is 48.5 Å². The van der Waals surface area contributed by atoms with Crippen LogP contribution in [0.25, 0.3) is 0 Å². The molecule has 2 aromatic carbocycles. The Balaban J connectivity index is 1.63. The molecule has 0 unspecified atom stereocenters. The standard InChI is InChI=1S/C20H24N2O6S/c1-2-27-18-8-3-4-9-19(18)28-15-20(23)21-16-6-5-7-17(14-16)29(24,25)22-10-12-26-13-11-22/h3-9,14H,2,10-13,15H2,1H3,(H,21,23). The molecule has 0 spiro atoms. The van der Waals surface area contributed by atoms with Gasteiger partial charge < -0.3 is 19.5 Å². The van der Waals surface area contributed by atoms with Gasteiger partial charge in [-0.25, -0.2) is 8.42 Å². The summed E-state index contributed by atoms with van der Waals surface area (Å²) in [7, 11) is -3.63. The number of benzene rings is 2. The molecule has 1 aliphatic heterocycles. The third-order valence-corrected chi connectivity index (χ3v) is 6.13. The third kappa shape index (κ3) is 5.47. The summed E-state index contributed by atoms with van der Waals surface area (Å²) in [5.41, 5.74) is 0.381. The van der Waals surface area contributed by atoms with Gasteiger partial charge in [0.05, 0.1) is 24.7 Å². The van der Waals surface area contributed by atoms with Gasteiger partial charge in [-0.05, 0) is 37.3 Å². The maximum atomic E-state index is 12.8. The molecule has 0 saturated carbocycles. The average Bonchev–Trinajstić information content (AvgIpc) is 2.74. The van der Waals surface area contributed by atoms with Crippen LogP contribution in [0.5, 0.6) is 11.5 Å². The zero-order valence-electron chi connectivity index (χ0n) is 16.2. The first kappa shape index (κ1) is 21.1. The quantitative estimate of drug-likeness (QED) is 0.703. The van der Waals surface area contributed by atoms with Gasteiger partial charge in [0.1, 0.15) is 0 Å². The fraction of sp³-hybridized carbons (Fsp3) is 0.350. The van der Waals surface area contributed by atoms with Gasteiger partial charge in [-0.3, -0.25) is 4.79 Å². The number of carbonyl (C=O) groups is 1. The highest BCUT2D eigenvalue weighted by Crippen LogP contribution is 2.26. The lowest BCUT2D eigenvalue weighted by Crippen LogP contribution is -2.40. The van der Waals surface area contributed by atoms with E-state index in [4.69, 9.17) is 14.2 Å². The van der Waals surface area contributed by atoms with Crippen molar-refractivity contribution in [3.8, 4) is 11.5 Å². The van der Waals surface area contributed by atoms with Crippen molar-refractivity contribution in [2.24, 2.45) is 0 Å². The lowest BCUT2D eigenvalue weighted by Gasteiger charge is -2.26. The number of hydrogen-bond donors (Lipinski definition) is 1. The summed E-state index contributed by atoms with van der Waals surface area (Å²) in [5, 5.41) is 2.67. The molecule has 0 aliphatic carbocycles. The zero-order chi connectivity index (χ0) is 20.7. The number of para-hydroxylation sites is 2. The van der Waals surface area contributed by atoms with E-state index in [1.165, 1.54) is 16.4 Å². The van der Waals surface area contributed by atoms with Crippen LogP contribution in [0.15, 0.2) is 53.4 Å². The summed E-state index contributed by atoms with van der Waals surface area (Å²) in [6, 6.07) is 13.3. The molecule has 0 bridgehead atoms. The Morgan fingerprint density at radius 2 is 1.76 bits per heavy atom. The van der Waals surface area contributed by atoms with Crippen LogP contribution in [0.2, 0.25) is 0 Å². The van der Waals surface area contributed by atoms with Crippen molar-refractivity contribution in [2.45, 2.75) is 11.8 Å². The van der Waals surface area contributed by atoms with Crippen LogP contribution in [0.1, 0.15) is 6.92 Å². The van der Waals surface area contributed by atoms with Crippen LogP contribution in [0.3, 0.4) is 0 Å². The Bertz CT molecular complexity index is 941. The summed E-state index contributed by atoms with van der Waals surface area (Å²) in [4.78, 5) is 12.4. The van der Waals surface area contributed by atoms with E-state index in [0.29, 0.717) is 50.1 Å². The number of sulfonamides is 1. The van der Waals surface area contributed by atoms with Gasteiger partial charge in [-0.15, -0.1) is 0 Å². The van der Waals surface area contributed by atoms with E-state index in [1.54, 1.807) is 30.3 Å². The highest BCUT2D eigenvalue weighted by Gasteiger charge is 2.26. The summed E-state index contributed by atoms with van der Waals surface area (Å²) in [6.07, 6.45) is 0. The molecule has 156 valence electrons. The van der Waals surface area contributed by atoms with Crippen LogP contribution >= 0.6 is 0 Å². The van der Waals surface area contributed by atoms with Crippen molar-refractivity contribution >= 4 is 21.6 Å². The van der Waals surface area contributed by atoms with Gasteiger partial charge >= 0.3 is 0 Å². The minimum atomic E-state index is -3.63. The molecule has 0 aromatic heterocycles. The molecule has 8 nitrogen and oxygen atoms in total.